The van der Waals surface area contributed by atoms with Crippen LogP contribution in [-0.4, -0.2) is 23.2 Å². The molecule has 0 saturated heterocycles. The summed E-state index contributed by atoms with van der Waals surface area (Å²) in [5, 5.41) is 4.86. The number of rotatable bonds is 8. The Labute approximate surface area is 221 Å². The molecule has 1 N–H and O–H groups in total. The van der Waals surface area contributed by atoms with Gasteiger partial charge in [0.25, 0.3) is 0 Å². The van der Waals surface area contributed by atoms with Crippen molar-refractivity contribution in [2.45, 2.75) is 16.2 Å². The minimum atomic E-state index is 0.0158. The summed E-state index contributed by atoms with van der Waals surface area (Å²) < 4.78 is 5.42. The maximum atomic E-state index is 11.2. The van der Waals surface area contributed by atoms with E-state index in [1.165, 1.54) is 0 Å². The van der Waals surface area contributed by atoms with Crippen molar-refractivity contribution in [1.29, 1.82) is 0 Å². The van der Waals surface area contributed by atoms with Crippen molar-refractivity contribution in [2.24, 2.45) is 0 Å². The molecular weight excluding hydrogens is 550 g/mol. The number of carbonyl (C=O) groups excluding carboxylic acids is 1. The highest BCUT2D eigenvalue weighted by Gasteiger charge is 2.11. The molecule has 11 heteroatoms. The van der Waals surface area contributed by atoms with Crippen LogP contribution in [0.5, 0.6) is 0 Å². The quantitative estimate of drug-likeness (QED) is 0.216. The fourth-order valence-electron chi connectivity index (χ4n) is 2.16. The third-order valence-electron chi connectivity index (χ3n) is 3.59. The molecule has 0 unspecified atom stereocenters. The Morgan fingerprint density at radius 1 is 0.906 bits per heavy atom. The van der Waals surface area contributed by atoms with Gasteiger partial charge in [-0.25, -0.2) is 3.63 Å². The Hall–Kier alpha value is -0.770. The average Bonchev–Trinajstić information content (AvgIpc) is 2.77. The highest BCUT2D eigenvalue weighted by atomic mass is 35.5. The topological polar surface area (TPSA) is 51.2 Å². The van der Waals surface area contributed by atoms with Gasteiger partial charge in [-0.15, -0.1) is 0 Å². The van der Waals surface area contributed by atoms with Gasteiger partial charge in [0, 0.05) is 48.8 Å². The number of pyridine rings is 1. The molecule has 0 aliphatic heterocycles. The molecule has 0 bridgehead atoms. The molecule has 0 aliphatic rings. The fraction of sp³-hybridized carbons (Fsp3) is 0.143. The van der Waals surface area contributed by atoms with Gasteiger partial charge in [0.1, 0.15) is 0 Å². The largest absolute Gasteiger partial charge is 0.355 e. The van der Waals surface area contributed by atoms with Crippen molar-refractivity contribution in [3.63, 3.8) is 0 Å². The number of aromatic nitrogens is 1. The molecule has 0 saturated carbocycles. The molecule has 0 fully saturated rings. The van der Waals surface area contributed by atoms with E-state index in [0.717, 1.165) is 29.6 Å². The molecule has 4 nitrogen and oxygen atoms in total. The fourth-order valence-corrected chi connectivity index (χ4v) is 4.71. The predicted molar refractivity (Wildman–Crippen MR) is 141 cm³/mol. The third-order valence-corrected chi connectivity index (χ3v) is 7.28. The highest BCUT2D eigenvalue weighted by molar-refractivity contribution is 8.08. The van der Waals surface area contributed by atoms with Crippen LogP contribution in [0.4, 0.5) is 0 Å². The molecule has 3 rings (SSSR count). The maximum absolute atomic E-state index is 11.2. The summed E-state index contributed by atoms with van der Waals surface area (Å²) in [6.45, 7) is 0.613. The van der Waals surface area contributed by atoms with E-state index in [4.69, 9.17) is 50.0 Å². The molecule has 32 heavy (non-hydrogen) atoms. The zero-order valence-electron chi connectivity index (χ0n) is 16.4. The van der Waals surface area contributed by atoms with Gasteiger partial charge in [0.15, 0.2) is 0 Å². The van der Waals surface area contributed by atoms with E-state index in [2.05, 4.69) is 22.9 Å². The second-order valence-corrected chi connectivity index (χ2v) is 9.72. The number of benzene rings is 2. The summed E-state index contributed by atoms with van der Waals surface area (Å²) in [6.07, 6.45) is 3.77. The van der Waals surface area contributed by atoms with Crippen LogP contribution < -0.4 is 5.32 Å². The summed E-state index contributed by atoms with van der Waals surface area (Å²) in [6, 6.07) is 14.2. The van der Waals surface area contributed by atoms with Gasteiger partial charge in [-0.3, -0.25) is 9.78 Å². The molecule has 1 aromatic heterocycles. The lowest BCUT2D eigenvalue weighted by Crippen LogP contribution is -2.26. The van der Waals surface area contributed by atoms with E-state index >= 15 is 0 Å². The van der Waals surface area contributed by atoms with Crippen LogP contribution in [0.2, 0.25) is 20.1 Å². The first-order valence-electron chi connectivity index (χ1n) is 9.08. The van der Waals surface area contributed by atoms with E-state index in [9.17, 15) is 4.79 Å². The van der Waals surface area contributed by atoms with Crippen LogP contribution >= 0.6 is 83.1 Å². The zero-order chi connectivity index (χ0) is 23.3. The molecule has 0 spiro atoms. The van der Waals surface area contributed by atoms with Gasteiger partial charge in [-0.1, -0.05) is 64.6 Å². The van der Waals surface area contributed by atoms with Gasteiger partial charge in [0.05, 0.1) is 36.3 Å². The standard InChI is InChI=1S/C12H6Cl4OS2.C9H12N2OS/c13-7-3-1-4-8(14)11(7)18-17-19-12-9(15)5-2-6-10(12)16;12-9(11-4-5-13)6-8-2-1-3-10-7-8/h1-6H;1-3,7,13H,4-6H2,(H,11,12). The van der Waals surface area contributed by atoms with Crippen molar-refractivity contribution in [2.75, 3.05) is 12.3 Å². The van der Waals surface area contributed by atoms with Gasteiger partial charge >= 0.3 is 0 Å². The van der Waals surface area contributed by atoms with Gasteiger partial charge in [-0.05, 0) is 35.9 Å². The number of halogens is 4. The van der Waals surface area contributed by atoms with E-state index in [0.29, 0.717) is 48.6 Å². The van der Waals surface area contributed by atoms with Crippen molar-refractivity contribution in [3.05, 3.63) is 86.6 Å². The second kappa shape index (κ2) is 15.2. The van der Waals surface area contributed by atoms with E-state index < -0.39 is 0 Å². The van der Waals surface area contributed by atoms with E-state index in [1.54, 1.807) is 48.8 Å². The first-order valence-corrected chi connectivity index (χ1v) is 12.7. The zero-order valence-corrected chi connectivity index (χ0v) is 22.0. The summed E-state index contributed by atoms with van der Waals surface area (Å²) in [5.41, 5.74) is 0.930. The molecular formula is C21H18Cl4N2O2S3. The predicted octanol–water partition coefficient (Wildman–Crippen LogP) is 7.70. The van der Waals surface area contributed by atoms with Crippen LogP contribution in [0.3, 0.4) is 0 Å². The SMILES string of the molecule is Clc1cccc(Cl)c1SOSc1c(Cl)cccc1Cl.O=C(Cc1cccnc1)NCCS. The average molecular weight is 568 g/mol. The Morgan fingerprint density at radius 3 is 1.88 bits per heavy atom. The molecule has 1 heterocycles. The number of amides is 1. The van der Waals surface area contributed by atoms with Gasteiger partial charge in [0.2, 0.25) is 5.91 Å². The summed E-state index contributed by atoms with van der Waals surface area (Å²) in [4.78, 5) is 16.4. The Bertz CT molecular complexity index is 922. The first-order chi connectivity index (χ1) is 15.4. The highest BCUT2D eigenvalue weighted by Crippen LogP contribution is 2.41. The number of nitrogens with zero attached hydrogens (tertiary/aromatic N) is 1. The van der Waals surface area contributed by atoms with E-state index in [-0.39, 0.29) is 5.91 Å². The smallest absolute Gasteiger partial charge is 0.224 e. The Morgan fingerprint density at radius 2 is 1.44 bits per heavy atom. The number of hydrogen-bond donors (Lipinski definition) is 2. The molecule has 2 aromatic carbocycles. The third kappa shape index (κ3) is 9.61. The normalized spacial score (nSPS) is 10.3. The summed E-state index contributed by atoms with van der Waals surface area (Å²) in [5.74, 6) is 0.681. The van der Waals surface area contributed by atoms with Gasteiger partial charge < -0.3 is 5.32 Å². The lowest BCUT2D eigenvalue weighted by molar-refractivity contribution is -0.120. The minimum absolute atomic E-state index is 0.0158. The maximum Gasteiger partial charge on any atom is 0.224 e. The van der Waals surface area contributed by atoms with Crippen LogP contribution in [0, 0.1) is 0 Å². The lowest BCUT2D eigenvalue weighted by Gasteiger charge is -2.07. The van der Waals surface area contributed by atoms with Crippen molar-refractivity contribution in [1.82, 2.24) is 10.3 Å². The Kier molecular flexibility index (Phi) is 13.0. The van der Waals surface area contributed by atoms with Crippen molar-refractivity contribution >= 4 is 89.0 Å². The lowest BCUT2D eigenvalue weighted by atomic mass is 10.2. The van der Waals surface area contributed by atoms with Crippen LogP contribution in [0.1, 0.15) is 5.56 Å². The molecule has 1 amide bonds. The van der Waals surface area contributed by atoms with Crippen molar-refractivity contribution < 1.29 is 8.42 Å². The molecule has 0 radical (unpaired) electrons. The second-order valence-electron chi connectivity index (χ2n) is 5.95. The molecule has 3 aromatic rings. The van der Waals surface area contributed by atoms with E-state index in [1.807, 2.05) is 12.1 Å². The summed E-state index contributed by atoms with van der Waals surface area (Å²) in [7, 11) is 0. The number of carbonyl (C=O) groups is 1. The first kappa shape index (κ1) is 27.5. The molecule has 0 aliphatic carbocycles. The molecule has 170 valence electrons. The molecule has 0 atom stereocenters. The minimum Gasteiger partial charge on any atom is -0.355 e. The number of hydrogen-bond acceptors (Lipinski definition) is 6. The monoisotopic (exact) mass is 566 g/mol. The van der Waals surface area contributed by atoms with Crippen LogP contribution in [-0.2, 0) is 14.8 Å². The van der Waals surface area contributed by atoms with Crippen molar-refractivity contribution in [3.8, 4) is 0 Å². The van der Waals surface area contributed by atoms with Gasteiger partial charge in [-0.2, -0.15) is 12.6 Å². The van der Waals surface area contributed by atoms with Crippen LogP contribution in [0.25, 0.3) is 0 Å². The summed E-state index contributed by atoms with van der Waals surface area (Å²) >= 11 is 30.2. The van der Waals surface area contributed by atoms with Crippen LogP contribution in [0.15, 0.2) is 70.7 Å². The number of nitrogens with one attached hydrogen (secondary N) is 1. The number of thiol groups is 1. The Balaban J connectivity index is 0.000000244.